The van der Waals surface area contributed by atoms with Crippen LogP contribution in [0.25, 0.3) is 11.0 Å². The number of allylic oxidation sites excluding steroid dienone is 1. The Morgan fingerprint density at radius 2 is 2.05 bits per heavy atom. The number of aromatic nitrogens is 2. The zero-order valence-corrected chi connectivity index (χ0v) is 13.0. The Bertz CT molecular complexity index is 651. The third kappa shape index (κ3) is 3.36. The summed E-state index contributed by atoms with van der Waals surface area (Å²) in [4.78, 5) is 0. The van der Waals surface area contributed by atoms with Gasteiger partial charge in [-0.2, -0.15) is 0 Å². The van der Waals surface area contributed by atoms with Gasteiger partial charge in [-0.05, 0) is 12.1 Å². The van der Waals surface area contributed by atoms with Crippen LogP contribution in [0.3, 0.4) is 0 Å². The number of nitrogens with zero attached hydrogens (tertiary/aromatic N) is 2. The Morgan fingerprint density at radius 1 is 1.32 bits per heavy atom. The molecule has 0 radical (unpaired) electrons. The monoisotopic (exact) mass is 269 g/mol. The van der Waals surface area contributed by atoms with Crippen molar-refractivity contribution in [3.63, 3.8) is 0 Å². The van der Waals surface area contributed by atoms with Crippen LogP contribution in [-0.4, -0.2) is 12.6 Å². The van der Waals surface area contributed by atoms with Crippen LogP contribution in [0.15, 0.2) is 43.2 Å². The van der Waals surface area contributed by atoms with Crippen LogP contribution in [0.2, 0.25) is 19.6 Å². The molecular formula is C16H21N2Si+. The van der Waals surface area contributed by atoms with Crippen molar-refractivity contribution in [3.8, 4) is 11.5 Å². The molecule has 2 aromatic rings. The van der Waals surface area contributed by atoms with E-state index in [4.69, 9.17) is 0 Å². The molecule has 2 nitrogen and oxygen atoms in total. The van der Waals surface area contributed by atoms with E-state index in [1.165, 1.54) is 11.0 Å². The predicted molar refractivity (Wildman–Crippen MR) is 83.5 cm³/mol. The van der Waals surface area contributed by atoms with Gasteiger partial charge in [0, 0.05) is 0 Å². The molecule has 1 aromatic heterocycles. The van der Waals surface area contributed by atoms with Gasteiger partial charge in [-0.15, -0.1) is 5.54 Å². The zero-order chi connectivity index (χ0) is 13.9. The van der Waals surface area contributed by atoms with Gasteiger partial charge in [0.1, 0.15) is 14.6 Å². The molecule has 19 heavy (non-hydrogen) atoms. The summed E-state index contributed by atoms with van der Waals surface area (Å²) in [5.74, 6) is 3.32. The lowest BCUT2D eigenvalue weighted by Crippen LogP contribution is -2.30. The largest absolute Gasteiger partial charge is 0.245 e. The number of imidazole rings is 1. The van der Waals surface area contributed by atoms with Crippen LogP contribution in [0.1, 0.15) is 0 Å². The lowest BCUT2D eigenvalue weighted by molar-refractivity contribution is -0.661. The van der Waals surface area contributed by atoms with E-state index in [0.29, 0.717) is 0 Å². The minimum absolute atomic E-state index is 0.759. The van der Waals surface area contributed by atoms with Crippen molar-refractivity contribution in [3.05, 3.63) is 43.2 Å². The van der Waals surface area contributed by atoms with Crippen molar-refractivity contribution in [1.82, 2.24) is 4.57 Å². The normalized spacial score (nSPS) is 11.1. The number of rotatable bonds is 3. The zero-order valence-electron chi connectivity index (χ0n) is 12.0. The molecule has 0 atom stereocenters. The summed E-state index contributed by atoms with van der Waals surface area (Å²) >= 11 is 0. The number of benzene rings is 1. The van der Waals surface area contributed by atoms with Crippen LogP contribution >= 0.6 is 0 Å². The highest BCUT2D eigenvalue weighted by Crippen LogP contribution is 2.10. The van der Waals surface area contributed by atoms with E-state index in [0.717, 1.165) is 13.1 Å². The Hall–Kier alpha value is -1.79. The first-order chi connectivity index (χ1) is 9.01. The van der Waals surface area contributed by atoms with Crippen molar-refractivity contribution < 1.29 is 4.57 Å². The molecule has 1 aromatic carbocycles. The summed E-state index contributed by atoms with van der Waals surface area (Å²) in [6.45, 7) is 12.2. The first-order valence-corrected chi connectivity index (χ1v) is 10.1. The van der Waals surface area contributed by atoms with E-state index in [-0.39, 0.29) is 0 Å². The molecule has 0 aliphatic carbocycles. The number of hydrogen-bond acceptors (Lipinski definition) is 0. The topological polar surface area (TPSA) is 8.81 Å². The van der Waals surface area contributed by atoms with E-state index in [1.54, 1.807) is 0 Å². The fraction of sp³-hybridized carbons (Fsp3) is 0.312. The van der Waals surface area contributed by atoms with Gasteiger partial charge < -0.3 is 0 Å². The smallest absolute Gasteiger partial charge is 0.226 e. The van der Waals surface area contributed by atoms with Crippen LogP contribution in [0.4, 0.5) is 0 Å². The van der Waals surface area contributed by atoms with E-state index in [2.05, 4.69) is 77.4 Å². The maximum absolute atomic E-state index is 3.81. The first-order valence-electron chi connectivity index (χ1n) is 6.59. The highest BCUT2D eigenvalue weighted by molar-refractivity contribution is 6.83. The molecule has 0 amide bonds. The molecule has 0 bridgehead atoms. The molecule has 1 heterocycles. The predicted octanol–water partition coefficient (Wildman–Crippen LogP) is 3.00. The molecule has 98 valence electrons. The SMILES string of the molecule is C=CC[n+]1cn(CC#C[Si](C)(C)C)c2ccccc21. The molecular weight excluding hydrogens is 248 g/mol. The molecule has 0 saturated heterocycles. The second kappa shape index (κ2) is 5.46. The quantitative estimate of drug-likeness (QED) is 0.350. The number of fused-ring (bicyclic) bond motifs is 1. The summed E-state index contributed by atoms with van der Waals surface area (Å²) in [5.41, 5.74) is 5.88. The number of hydrogen-bond donors (Lipinski definition) is 0. The third-order valence-corrected chi connectivity index (χ3v) is 3.74. The molecule has 3 heteroatoms. The summed E-state index contributed by atoms with van der Waals surface area (Å²) in [6, 6.07) is 8.43. The average Bonchev–Trinajstić information content (AvgIpc) is 2.68. The van der Waals surface area contributed by atoms with E-state index in [1.807, 2.05) is 6.08 Å². The second-order valence-corrected chi connectivity index (χ2v) is 10.5. The van der Waals surface area contributed by atoms with Crippen LogP contribution in [0.5, 0.6) is 0 Å². The van der Waals surface area contributed by atoms with Gasteiger partial charge in [-0.25, -0.2) is 9.13 Å². The fourth-order valence-corrected chi connectivity index (χ4v) is 2.65. The van der Waals surface area contributed by atoms with E-state index < -0.39 is 8.07 Å². The highest BCUT2D eigenvalue weighted by Gasteiger charge is 2.13. The van der Waals surface area contributed by atoms with Crippen LogP contribution < -0.4 is 4.57 Å². The van der Waals surface area contributed by atoms with Crippen molar-refractivity contribution in [2.24, 2.45) is 0 Å². The standard InChI is InChI=1S/C16H21N2Si/c1-5-11-17-14-18(12-8-13-19(2,3)4)16-10-7-6-9-15(16)17/h5-7,9-10,14H,1,11-12H2,2-4H3/q+1. The lowest BCUT2D eigenvalue weighted by Gasteiger charge is -2.02. The highest BCUT2D eigenvalue weighted by atomic mass is 28.3. The Morgan fingerprint density at radius 3 is 2.74 bits per heavy atom. The molecule has 0 N–H and O–H groups in total. The Labute approximate surface area is 116 Å². The Balaban J connectivity index is 2.37. The minimum Gasteiger partial charge on any atom is -0.226 e. The van der Waals surface area contributed by atoms with Crippen molar-refractivity contribution in [2.75, 3.05) is 0 Å². The summed E-state index contributed by atoms with van der Waals surface area (Å²) in [6.07, 6.45) is 4.05. The Kier molecular flexibility index (Phi) is 3.92. The summed E-state index contributed by atoms with van der Waals surface area (Å²) < 4.78 is 4.42. The number of para-hydroxylation sites is 2. The van der Waals surface area contributed by atoms with Gasteiger partial charge in [0.15, 0.2) is 17.6 Å². The summed E-state index contributed by atoms with van der Waals surface area (Å²) in [5, 5.41) is 0. The molecule has 0 aliphatic rings. The maximum Gasteiger partial charge on any atom is 0.245 e. The van der Waals surface area contributed by atoms with Gasteiger partial charge >= 0.3 is 0 Å². The third-order valence-electron chi connectivity index (χ3n) is 2.82. The lowest BCUT2D eigenvalue weighted by atomic mass is 10.3. The first kappa shape index (κ1) is 13.6. The van der Waals surface area contributed by atoms with Gasteiger partial charge in [0.2, 0.25) is 6.33 Å². The second-order valence-electron chi connectivity index (χ2n) is 5.72. The minimum atomic E-state index is -1.28. The van der Waals surface area contributed by atoms with Crippen LogP contribution in [-0.2, 0) is 13.1 Å². The molecule has 0 saturated carbocycles. The van der Waals surface area contributed by atoms with Gasteiger partial charge in [0.05, 0.1) is 0 Å². The molecule has 0 unspecified atom stereocenters. The molecule has 0 spiro atoms. The van der Waals surface area contributed by atoms with Crippen molar-refractivity contribution >= 4 is 19.1 Å². The average molecular weight is 269 g/mol. The van der Waals surface area contributed by atoms with Crippen molar-refractivity contribution in [1.29, 1.82) is 0 Å². The van der Waals surface area contributed by atoms with Crippen LogP contribution in [0, 0.1) is 11.5 Å². The van der Waals surface area contributed by atoms with Gasteiger partial charge in [0.25, 0.3) is 0 Å². The fourth-order valence-electron chi connectivity index (χ4n) is 2.04. The van der Waals surface area contributed by atoms with E-state index >= 15 is 0 Å². The molecule has 0 fully saturated rings. The molecule has 2 rings (SSSR count). The van der Waals surface area contributed by atoms with E-state index in [9.17, 15) is 0 Å². The van der Waals surface area contributed by atoms with Gasteiger partial charge in [-0.3, -0.25) is 0 Å². The summed E-state index contributed by atoms with van der Waals surface area (Å²) in [7, 11) is -1.28. The van der Waals surface area contributed by atoms with Crippen molar-refractivity contribution in [2.45, 2.75) is 32.7 Å². The van der Waals surface area contributed by atoms with Gasteiger partial charge in [-0.1, -0.05) is 50.3 Å². The molecule has 0 aliphatic heterocycles. The maximum atomic E-state index is 3.81.